The first kappa shape index (κ1) is 20.0. The third-order valence-corrected chi connectivity index (χ3v) is 5.04. The molecule has 0 fully saturated rings. The summed E-state index contributed by atoms with van der Waals surface area (Å²) in [5.41, 5.74) is 9.81. The summed E-state index contributed by atoms with van der Waals surface area (Å²) in [6.45, 7) is 4.60. The minimum absolute atomic E-state index is 0.202. The number of halogens is 1. The summed E-state index contributed by atoms with van der Waals surface area (Å²) in [6.07, 6.45) is 1.67. The highest BCUT2D eigenvalue weighted by Gasteiger charge is 2.24. The first-order valence-corrected chi connectivity index (χ1v) is 10.4. The molecule has 30 heavy (non-hydrogen) atoms. The summed E-state index contributed by atoms with van der Waals surface area (Å²) < 4.78 is 2.41. The van der Waals surface area contributed by atoms with Gasteiger partial charge in [-0.15, -0.1) is 0 Å². The molecule has 0 bridgehead atoms. The topological polar surface area (TPSA) is 98.2 Å². The van der Waals surface area contributed by atoms with E-state index < -0.39 is 0 Å². The van der Waals surface area contributed by atoms with E-state index in [1.165, 1.54) is 4.68 Å². The van der Waals surface area contributed by atoms with Crippen LogP contribution >= 0.6 is 15.9 Å². The predicted molar refractivity (Wildman–Crippen MR) is 124 cm³/mol. The van der Waals surface area contributed by atoms with Crippen LogP contribution in [0, 0.1) is 5.92 Å². The van der Waals surface area contributed by atoms with Gasteiger partial charge in [0.05, 0.1) is 17.2 Å². The van der Waals surface area contributed by atoms with E-state index >= 15 is 0 Å². The number of hydrogen-bond donors (Lipinski definition) is 2. The normalized spacial score (nSPS) is 11.7. The monoisotopic (exact) mass is 464 g/mol. The molecule has 0 aliphatic carbocycles. The number of nitrogens with zero attached hydrogens (tertiary/aromatic N) is 4. The van der Waals surface area contributed by atoms with E-state index in [1.807, 2.05) is 62.4 Å². The number of fused-ring (bicyclic) bond motifs is 2. The molecule has 8 heteroatoms. The predicted octanol–water partition coefficient (Wildman–Crippen LogP) is 4.20. The smallest absolute Gasteiger partial charge is 0.257 e. The van der Waals surface area contributed by atoms with Gasteiger partial charge in [-0.2, -0.15) is 9.78 Å². The molecule has 0 atom stereocenters. The van der Waals surface area contributed by atoms with E-state index in [9.17, 15) is 4.79 Å². The van der Waals surface area contributed by atoms with Gasteiger partial charge in [-0.1, -0.05) is 54.0 Å². The number of nitrogen functional groups attached to an aromatic ring is 1. The van der Waals surface area contributed by atoms with Crippen LogP contribution in [0.2, 0.25) is 0 Å². The minimum atomic E-state index is -0.285. The van der Waals surface area contributed by atoms with Gasteiger partial charge < -0.3 is 11.1 Å². The number of carbonyl (C=O) groups is 1. The molecule has 2 heterocycles. The van der Waals surface area contributed by atoms with E-state index in [4.69, 9.17) is 5.73 Å². The zero-order valence-electron chi connectivity index (χ0n) is 16.6. The highest BCUT2D eigenvalue weighted by Crippen LogP contribution is 2.28. The van der Waals surface area contributed by atoms with Crippen molar-refractivity contribution in [2.75, 3.05) is 12.3 Å². The van der Waals surface area contributed by atoms with Crippen LogP contribution in [0.4, 0.5) is 5.82 Å². The number of para-hydroxylation sites is 2. The van der Waals surface area contributed by atoms with Crippen LogP contribution in [0.25, 0.3) is 22.2 Å². The molecule has 0 saturated carbocycles. The van der Waals surface area contributed by atoms with Crippen molar-refractivity contribution in [3.63, 3.8) is 0 Å². The quantitative estimate of drug-likeness (QED) is 0.432. The number of rotatable bonds is 5. The molecule has 2 aromatic carbocycles. The zero-order valence-corrected chi connectivity index (χ0v) is 18.2. The summed E-state index contributed by atoms with van der Waals surface area (Å²) >= 11 is 3.45. The third kappa shape index (κ3) is 3.91. The highest BCUT2D eigenvalue weighted by molar-refractivity contribution is 9.10. The van der Waals surface area contributed by atoms with E-state index in [0.717, 1.165) is 10.0 Å². The van der Waals surface area contributed by atoms with Gasteiger partial charge in [-0.3, -0.25) is 4.79 Å². The fourth-order valence-corrected chi connectivity index (χ4v) is 3.50. The van der Waals surface area contributed by atoms with Gasteiger partial charge in [0.25, 0.3) is 5.91 Å². The lowest BCUT2D eigenvalue weighted by Crippen LogP contribution is -2.28. The second-order valence-corrected chi connectivity index (χ2v) is 8.28. The summed E-state index contributed by atoms with van der Waals surface area (Å²) in [4.78, 5) is 22.3. The van der Waals surface area contributed by atoms with Crippen LogP contribution in [0.1, 0.15) is 29.8 Å². The van der Waals surface area contributed by atoms with Crippen molar-refractivity contribution in [2.24, 2.45) is 11.0 Å². The van der Waals surface area contributed by atoms with Crippen LogP contribution in [0.15, 0.2) is 58.1 Å². The van der Waals surface area contributed by atoms with Crippen LogP contribution in [-0.2, 0) is 0 Å². The molecule has 2 aromatic heterocycles. The molecule has 0 radical (unpaired) electrons. The van der Waals surface area contributed by atoms with Crippen LogP contribution in [0.3, 0.4) is 0 Å². The molecule has 1 amide bonds. The Labute approximate surface area is 182 Å². The van der Waals surface area contributed by atoms with E-state index in [2.05, 4.69) is 36.3 Å². The summed E-state index contributed by atoms with van der Waals surface area (Å²) in [5, 5.41) is 7.43. The van der Waals surface area contributed by atoms with E-state index in [-0.39, 0.29) is 17.3 Å². The van der Waals surface area contributed by atoms with Crippen molar-refractivity contribution in [1.29, 1.82) is 0 Å². The Morgan fingerprint density at radius 3 is 2.63 bits per heavy atom. The van der Waals surface area contributed by atoms with Crippen molar-refractivity contribution < 1.29 is 4.79 Å². The third-order valence-electron chi connectivity index (χ3n) is 4.54. The van der Waals surface area contributed by atoms with E-state index in [1.54, 1.807) is 6.21 Å². The molecule has 0 spiro atoms. The Bertz CT molecular complexity index is 1280. The second kappa shape index (κ2) is 8.23. The largest absolute Gasteiger partial charge is 0.383 e. The van der Waals surface area contributed by atoms with Crippen molar-refractivity contribution in [3.05, 3.63) is 64.1 Å². The molecule has 0 aliphatic rings. The number of nitrogens with two attached hydrogens (primary N) is 1. The zero-order chi connectivity index (χ0) is 21.3. The number of amides is 1. The molecule has 0 unspecified atom stereocenters. The first-order chi connectivity index (χ1) is 14.4. The Morgan fingerprint density at radius 2 is 1.93 bits per heavy atom. The summed E-state index contributed by atoms with van der Waals surface area (Å²) in [6, 6.07) is 15.2. The number of carbonyl (C=O) groups excluding carboxylic acids is 1. The number of anilines is 1. The molecule has 4 aromatic rings. The lowest BCUT2D eigenvalue weighted by Gasteiger charge is -2.07. The molecule has 152 valence electrons. The average molecular weight is 465 g/mol. The molecular weight excluding hydrogens is 444 g/mol. The van der Waals surface area contributed by atoms with Gasteiger partial charge in [0, 0.05) is 11.0 Å². The van der Waals surface area contributed by atoms with Crippen LogP contribution in [0.5, 0.6) is 0 Å². The fraction of sp³-hybridized carbons (Fsp3) is 0.182. The van der Waals surface area contributed by atoms with E-state index in [0.29, 0.717) is 34.7 Å². The van der Waals surface area contributed by atoms with Gasteiger partial charge in [0.2, 0.25) is 0 Å². The number of benzene rings is 2. The SMILES string of the molecule is CC(C)CNC(=O)c1c(N)n(N=Cc2cccc(Br)c2)c2nc3ccccc3nc12. The average Bonchev–Trinajstić information content (AvgIpc) is 2.99. The standard InChI is InChI=1S/C22H21BrN6O/c1-13(2)11-25-22(30)18-19-21(28-17-9-4-3-8-16(17)27-19)29(20(18)24)26-12-14-6-5-7-15(23)10-14/h3-10,12-13H,11,24H2,1-2H3,(H,25,30). The Kier molecular flexibility index (Phi) is 5.50. The molecule has 3 N–H and O–H groups in total. The maximum atomic E-state index is 12.9. The van der Waals surface area contributed by atoms with Crippen LogP contribution in [-0.4, -0.2) is 33.3 Å². The second-order valence-electron chi connectivity index (χ2n) is 7.36. The Hall–Kier alpha value is -3.26. The molecule has 4 rings (SSSR count). The molecule has 7 nitrogen and oxygen atoms in total. The van der Waals surface area contributed by atoms with Gasteiger partial charge in [0.15, 0.2) is 5.65 Å². The van der Waals surface area contributed by atoms with Crippen LogP contribution < -0.4 is 11.1 Å². The summed E-state index contributed by atoms with van der Waals surface area (Å²) in [7, 11) is 0. The van der Waals surface area contributed by atoms with Crippen molar-refractivity contribution >= 4 is 56.1 Å². The maximum Gasteiger partial charge on any atom is 0.257 e. The Balaban J connectivity index is 1.89. The lowest BCUT2D eigenvalue weighted by molar-refractivity contribution is 0.0951. The fourth-order valence-electron chi connectivity index (χ4n) is 3.08. The minimum Gasteiger partial charge on any atom is -0.383 e. The van der Waals surface area contributed by atoms with Gasteiger partial charge >= 0.3 is 0 Å². The summed E-state index contributed by atoms with van der Waals surface area (Å²) in [5.74, 6) is 0.227. The number of aromatic nitrogens is 3. The van der Waals surface area contributed by atoms with Crippen molar-refractivity contribution in [2.45, 2.75) is 13.8 Å². The molecular formula is C22H21BrN6O. The van der Waals surface area contributed by atoms with Gasteiger partial charge in [-0.25, -0.2) is 9.97 Å². The first-order valence-electron chi connectivity index (χ1n) is 9.59. The maximum absolute atomic E-state index is 12.9. The number of hydrogen-bond acceptors (Lipinski definition) is 5. The van der Waals surface area contributed by atoms with Crippen molar-refractivity contribution in [3.8, 4) is 0 Å². The molecule has 0 aliphatic heterocycles. The molecule has 0 saturated heterocycles. The Morgan fingerprint density at radius 1 is 1.20 bits per heavy atom. The van der Waals surface area contributed by atoms with Gasteiger partial charge in [-0.05, 0) is 35.7 Å². The lowest BCUT2D eigenvalue weighted by atomic mass is 10.2. The van der Waals surface area contributed by atoms with Gasteiger partial charge in [0.1, 0.15) is 16.9 Å². The number of nitrogens with one attached hydrogen (secondary N) is 1. The highest BCUT2D eigenvalue weighted by atomic mass is 79.9. The van der Waals surface area contributed by atoms with Crippen molar-refractivity contribution in [1.82, 2.24) is 20.0 Å².